The number of carbonyl (C=O) groups is 2. The number of pyridine rings is 1. The summed E-state index contributed by atoms with van der Waals surface area (Å²) in [6.45, 7) is 12.0. The number of aromatic nitrogens is 2. The van der Waals surface area contributed by atoms with E-state index in [4.69, 9.17) is 9.47 Å². The molecule has 1 N–H and O–H groups in total. The van der Waals surface area contributed by atoms with Crippen LogP contribution in [-0.2, 0) is 10.2 Å². The second kappa shape index (κ2) is 12.2. The lowest BCUT2D eigenvalue weighted by atomic mass is 9.84. The number of fused-ring (bicyclic) bond motifs is 1. The van der Waals surface area contributed by atoms with Crippen molar-refractivity contribution >= 4 is 17.2 Å². The van der Waals surface area contributed by atoms with E-state index in [1.807, 2.05) is 39.1 Å². The van der Waals surface area contributed by atoms with E-state index in [0.717, 1.165) is 23.1 Å². The number of alkyl halides is 1. The Balaban J connectivity index is 1.73. The van der Waals surface area contributed by atoms with Gasteiger partial charge >= 0.3 is 0 Å². The van der Waals surface area contributed by atoms with E-state index in [9.17, 15) is 14.0 Å². The van der Waals surface area contributed by atoms with Crippen LogP contribution in [0.4, 0.5) is 4.39 Å². The number of benzene rings is 1. The van der Waals surface area contributed by atoms with Gasteiger partial charge in [-0.15, -0.1) is 6.58 Å². The normalized spacial score (nSPS) is 14.9. The Kier molecular flexibility index (Phi) is 8.96. The van der Waals surface area contributed by atoms with Crippen LogP contribution in [-0.4, -0.2) is 41.3 Å². The number of halogens is 1. The van der Waals surface area contributed by atoms with E-state index in [-0.39, 0.29) is 29.4 Å². The SMILES string of the molecule is C=CCC(F)Oc1cc(-c2cnn3cc(C(C)(C)C(=O)NCC)ccc23)cc(OC)c1C(=O)CCC(C)C1CC1. The number of rotatable bonds is 14. The van der Waals surface area contributed by atoms with Gasteiger partial charge in [0, 0.05) is 31.1 Å². The third-order valence-corrected chi connectivity index (χ3v) is 7.88. The third kappa shape index (κ3) is 6.21. The highest BCUT2D eigenvalue weighted by molar-refractivity contribution is 6.02. The molecule has 1 saturated carbocycles. The summed E-state index contributed by atoms with van der Waals surface area (Å²) >= 11 is 0. The highest BCUT2D eigenvalue weighted by atomic mass is 19.1. The fourth-order valence-electron chi connectivity index (χ4n) is 5.06. The zero-order valence-electron chi connectivity index (χ0n) is 24.1. The van der Waals surface area contributed by atoms with Gasteiger partial charge in [-0.2, -0.15) is 5.10 Å². The van der Waals surface area contributed by atoms with E-state index in [2.05, 4.69) is 23.9 Å². The van der Waals surface area contributed by atoms with Gasteiger partial charge in [-0.05, 0) is 81.2 Å². The molecular formula is C32H40FN3O4. The number of likely N-dealkylation sites (N-methyl/N-ethyl adjacent to an activating group) is 1. The van der Waals surface area contributed by atoms with Crippen LogP contribution < -0.4 is 14.8 Å². The van der Waals surface area contributed by atoms with E-state index < -0.39 is 11.8 Å². The van der Waals surface area contributed by atoms with Crippen LogP contribution in [0.1, 0.15) is 75.7 Å². The summed E-state index contributed by atoms with van der Waals surface area (Å²) in [6.07, 6.45) is 6.85. The quantitative estimate of drug-likeness (QED) is 0.179. The molecule has 3 aromatic rings. The first kappa shape index (κ1) is 29.3. The molecule has 214 valence electrons. The van der Waals surface area contributed by atoms with Gasteiger partial charge in [-0.1, -0.05) is 19.1 Å². The highest BCUT2D eigenvalue weighted by Gasteiger charge is 2.31. The number of carbonyl (C=O) groups excluding carboxylic acids is 2. The van der Waals surface area contributed by atoms with Crippen molar-refractivity contribution in [2.24, 2.45) is 11.8 Å². The number of Topliss-reactive ketones (excluding diaryl/α,β-unsaturated/α-hetero) is 1. The van der Waals surface area contributed by atoms with E-state index >= 15 is 0 Å². The van der Waals surface area contributed by atoms with E-state index in [1.54, 1.807) is 22.8 Å². The third-order valence-electron chi connectivity index (χ3n) is 7.88. The summed E-state index contributed by atoms with van der Waals surface area (Å²) in [4.78, 5) is 26.1. The smallest absolute Gasteiger partial charge is 0.241 e. The maximum atomic E-state index is 14.7. The summed E-state index contributed by atoms with van der Waals surface area (Å²) in [5, 5.41) is 7.41. The zero-order valence-corrected chi connectivity index (χ0v) is 24.1. The lowest BCUT2D eigenvalue weighted by molar-refractivity contribution is -0.125. The first-order valence-corrected chi connectivity index (χ1v) is 14.0. The van der Waals surface area contributed by atoms with Gasteiger partial charge in [0.25, 0.3) is 0 Å². The predicted molar refractivity (Wildman–Crippen MR) is 155 cm³/mol. The Morgan fingerprint density at radius 1 is 1.27 bits per heavy atom. The molecule has 2 atom stereocenters. The van der Waals surface area contributed by atoms with Crippen molar-refractivity contribution in [1.82, 2.24) is 14.9 Å². The average Bonchev–Trinajstić information content (AvgIpc) is 3.70. The maximum absolute atomic E-state index is 14.7. The molecule has 1 amide bonds. The van der Waals surface area contributed by atoms with Gasteiger partial charge in [-0.3, -0.25) is 9.59 Å². The molecular weight excluding hydrogens is 509 g/mol. The molecule has 1 aliphatic carbocycles. The van der Waals surface area contributed by atoms with Crippen LogP contribution in [0, 0.1) is 11.8 Å². The Labute approximate surface area is 235 Å². The summed E-state index contributed by atoms with van der Waals surface area (Å²) in [5.41, 5.74) is 2.53. The summed E-state index contributed by atoms with van der Waals surface area (Å²) in [6, 6.07) is 7.26. The van der Waals surface area contributed by atoms with Crippen LogP contribution in [0.3, 0.4) is 0 Å². The molecule has 1 aliphatic rings. The summed E-state index contributed by atoms with van der Waals surface area (Å²) in [5.74, 6) is 1.43. The average molecular weight is 550 g/mol. The van der Waals surface area contributed by atoms with Crippen molar-refractivity contribution in [2.45, 2.75) is 71.6 Å². The molecule has 0 bridgehead atoms. The number of ketones is 1. The molecule has 2 heterocycles. The lowest BCUT2D eigenvalue weighted by Crippen LogP contribution is -2.40. The molecule has 8 heteroatoms. The van der Waals surface area contributed by atoms with E-state index in [0.29, 0.717) is 36.1 Å². The second-order valence-corrected chi connectivity index (χ2v) is 11.2. The van der Waals surface area contributed by atoms with Gasteiger partial charge in [0.1, 0.15) is 17.1 Å². The second-order valence-electron chi connectivity index (χ2n) is 11.2. The Hall–Kier alpha value is -3.68. The molecule has 0 aliphatic heterocycles. The largest absolute Gasteiger partial charge is 0.496 e. The monoisotopic (exact) mass is 549 g/mol. The van der Waals surface area contributed by atoms with Crippen LogP contribution in [0.5, 0.6) is 11.5 Å². The molecule has 0 radical (unpaired) electrons. The number of nitrogens with zero attached hydrogens (tertiary/aromatic N) is 2. The topological polar surface area (TPSA) is 81.9 Å². The van der Waals surface area contributed by atoms with Crippen molar-refractivity contribution in [3.8, 4) is 22.6 Å². The predicted octanol–water partition coefficient (Wildman–Crippen LogP) is 6.68. The van der Waals surface area contributed by atoms with Gasteiger partial charge < -0.3 is 14.8 Å². The Morgan fingerprint density at radius 3 is 2.65 bits per heavy atom. The summed E-state index contributed by atoms with van der Waals surface area (Å²) < 4.78 is 27.8. The lowest BCUT2D eigenvalue weighted by Gasteiger charge is -2.23. The van der Waals surface area contributed by atoms with Crippen LogP contribution in [0.15, 0.2) is 49.3 Å². The van der Waals surface area contributed by atoms with Gasteiger partial charge in [0.2, 0.25) is 12.3 Å². The number of methoxy groups -OCH3 is 1. The number of amides is 1. The standard InChI is InChI=1S/C32H40FN3O4/c1-7-9-29(33)40-28-17-22(16-27(39-6)30(28)26(37)15-10-20(3)21-11-12-21)24-18-35-36-19-23(13-14-25(24)36)32(4,5)31(38)34-8-2/h7,13-14,16-21,29H,1,8-12,15H2,2-6H3,(H,34,38). The highest BCUT2D eigenvalue weighted by Crippen LogP contribution is 2.41. The molecule has 40 heavy (non-hydrogen) atoms. The number of ether oxygens (including phenoxy) is 2. The molecule has 2 aromatic heterocycles. The number of nitrogens with one attached hydrogen (secondary N) is 1. The molecule has 0 spiro atoms. The molecule has 2 unspecified atom stereocenters. The van der Waals surface area contributed by atoms with Crippen molar-refractivity contribution < 1.29 is 23.5 Å². The van der Waals surface area contributed by atoms with Crippen molar-refractivity contribution in [1.29, 1.82) is 0 Å². The molecule has 1 aromatic carbocycles. The number of hydrogen-bond acceptors (Lipinski definition) is 5. The molecule has 1 fully saturated rings. The van der Waals surface area contributed by atoms with Gasteiger partial charge in [-0.25, -0.2) is 8.91 Å². The van der Waals surface area contributed by atoms with Crippen LogP contribution in [0.2, 0.25) is 0 Å². The Morgan fingerprint density at radius 2 is 2.00 bits per heavy atom. The zero-order chi connectivity index (χ0) is 29.0. The molecule has 7 nitrogen and oxygen atoms in total. The maximum Gasteiger partial charge on any atom is 0.241 e. The number of hydrogen-bond donors (Lipinski definition) is 1. The fourth-order valence-corrected chi connectivity index (χ4v) is 5.06. The first-order valence-electron chi connectivity index (χ1n) is 14.0. The molecule has 4 rings (SSSR count). The van der Waals surface area contributed by atoms with Gasteiger partial charge in [0.05, 0.1) is 24.2 Å². The van der Waals surface area contributed by atoms with Crippen molar-refractivity contribution in [3.63, 3.8) is 0 Å². The molecule has 0 saturated heterocycles. The minimum Gasteiger partial charge on any atom is -0.496 e. The van der Waals surface area contributed by atoms with E-state index in [1.165, 1.54) is 26.0 Å². The van der Waals surface area contributed by atoms with Crippen molar-refractivity contribution in [2.75, 3.05) is 13.7 Å². The van der Waals surface area contributed by atoms with Crippen LogP contribution >= 0.6 is 0 Å². The van der Waals surface area contributed by atoms with Crippen LogP contribution in [0.25, 0.3) is 16.6 Å². The first-order chi connectivity index (χ1) is 19.1. The summed E-state index contributed by atoms with van der Waals surface area (Å²) in [7, 11) is 1.50. The van der Waals surface area contributed by atoms with Gasteiger partial charge in [0.15, 0.2) is 5.78 Å². The Bertz CT molecular complexity index is 1390. The minimum absolute atomic E-state index is 0.0141. The minimum atomic E-state index is -1.66. The fraction of sp³-hybridized carbons (Fsp3) is 0.469. The van der Waals surface area contributed by atoms with Crippen molar-refractivity contribution in [3.05, 3.63) is 60.4 Å².